The zero-order valence-electron chi connectivity index (χ0n) is 18.9. The summed E-state index contributed by atoms with van der Waals surface area (Å²) in [5, 5.41) is 11.1. The third-order valence-electron chi connectivity index (χ3n) is 5.73. The van der Waals surface area contributed by atoms with Gasteiger partial charge in [-0.25, -0.2) is 0 Å². The second-order valence-electron chi connectivity index (χ2n) is 7.95. The van der Waals surface area contributed by atoms with E-state index in [1.165, 1.54) is 0 Å². The van der Waals surface area contributed by atoms with Crippen molar-refractivity contribution in [1.82, 2.24) is 4.90 Å². The smallest absolute Gasteiger partial charge is 0.295 e. The number of hydrogen-bond acceptors (Lipinski definition) is 5. The molecule has 0 bridgehead atoms. The van der Waals surface area contributed by atoms with Gasteiger partial charge in [-0.1, -0.05) is 44.2 Å². The average molecular weight is 438 g/mol. The van der Waals surface area contributed by atoms with Crippen LogP contribution in [0, 0.1) is 0 Å². The number of aliphatic hydroxyl groups excluding tert-OH is 1. The zero-order valence-corrected chi connectivity index (χ0v) is 18.9. The number of methoxy groups -OCH3 is 1. The summed E-state index contributed by atoms with van der Waals surface area (Å²) in [6, 6.07) is 16.1. The van der Waals surface area contributed by atoms with Crippen LogP contribution in [0.5, 0.6) is 5.75 Å². The second kappa shape index (κ2) is 11.0. The molecule has 0 radical (unpaired) electrons. The van der Waals surface area contributed by atoms with Crippen molar-refractivity contribution in [3.63, 3.8) is 0 Å². The molecule has 1 aliphatic rings. The summed E-state index contributed by atoms with van der Waals surface area (Å²) in [5.41, 5.74) is 1.62. The summed E-state index contributed by atoms with van der Waals surface area (Å²) in [6.45, 7) is 5.46. The third kappa shape index (κ3) is 5.02. The summed E-state index contributed by atoms with van der Waals surface area (Å²) in [5.74, 6) is -0.888. The molecule has 0 aromatic heterocycles. The molecule has 2 unspecified atom stereocenters. The van der Waals surface area contributed by atoms with E-state index in [4.69, 9.17) is 9.47 Å². The molecule has 6 nitrogen and oxygen atoms in total. The van der Waals surface area contributed by atoms with E-state index in [0.717, 1.165) is 12.0 Å². The van der Waals surface area contributed by atoms with Crippen LogP contribution in [-0.2, 0) is 14.3 Å². The molecule has 2 aromatic rings. The first-order chi connectivity index (χ1) is 15.5. The lowest BCUT2D eigenvalue weighted by Gasteiger charge is -2.30. The minimum Gasteiger partial charge on any atom is -0.507 e. The van der Waals surface area contributed by atoms with Crippen LogP contribution in [0.25, 0.3) is 5.76 Å². The van der Waals surface area contributed by atoms with E-state index in [9.17, 15) is 14.7 Å². The van der Waals surface area contributed by atoms with Gasteiger partial charge in [0.15, 0.2) is 0 Å². The molecule has 2 atom stereocenters. The van der Waals surface area contributed by atoms with Gasteiger partial charge >= 0.3 is 0 Å². The lowest BCUT2D eigenvalue weighted by atomic mass is 9.87. The van der Waals surface area contributed by atoms with Crippen LogP contribution < -0.4 is 4.74 Å². The second-order valence-corrected chi connectivity index (χ2v) is 7.95. The number of amides is 1. The number of ether oxygens (including phenoxy) is 2. The van der Waals surface area contributed by atoms with Gasteiger partial charge in [0, 0.05) is 31.7 Å². The maximum absolute atomic E-state index is 13.1. The van der Waals surface area contributed by atoms with E-state index in [2.05, 4.69) is 0 Å². The van der Waals surface area contributed by atoms with Gasteiger partial charge in [0.25, 0.3) is 11.7 Å². The Hall–Kier alpha value is -3.12. The van der Waals surface area contributed by atoms with Crippen LogP contribution in [0.4, 0.5) is 0 Å². The third-order valence-corrected chi connectivity index (χ3v) is 5.73. The van der Waals surface area contributed by atoms with Crippen molar-refractivity contribution in [3.05, 3.63) is 71.3 Å². The van der Waals surface area contributed by atoms with Crippen LogP contribution in [0.15, 0.2) is 60.2 Å². The van der Waals surface area contributed by atoms with Crippen molar-refractivity contribution in [1.29, 1.82) is 0 Å². The van der Waals surface area contributed by atoms with E-state index in [1.807, 2.05) is 44.2 Å². The first-order valence-corrected chi connectivity index (χ1v) is 11.0. The standard InChI is InChI=1S/C26H31NO5/c1-4-16-32-21-13-11-20(12-14-21)24(28)22-23(18(2)19-9-6-5-7-10-19)27(15-8-17-31-3)26(30)25(22)29/h5-7,9-14,18,23,28H,4,8,15-17H2,1-3H3/b24-22+. The minimum atomic E-state index is -0.654. The molecule has 32 heavy (non-hydrogen) atoms. The molecule has 1 saturated heterocycles. The van der Waals surface area contributed by atoms with Crippen LogP contribution >= 0.6 is 0 Å². The van der Waals surface area contributed by atoms with Gasteiger partial charge in [0.2, 0.25) is 0 Å². The van der Waals surface area contributed by atoms with Crippen molar-refractivity contribution >= 4 is 17.4 Å². The molecule has 6 heteroatoms. The summed E-state index contributed by atoms with van der Waals surface area (Å²) in [4.78, 5) is 27.6. The number of carbonyl (C=O) groups excluding carboxylic acids is 2. The summed E-state index contributed by atoms with van der Waals surface area (Å²) >= 11 is 0. The SMILES string of the molecule is CCCOc1ccc(/C(O)=C2\C(=O)C(=O)N(CCCOC)C2C(C)c2ccccc2)cc1. The molecule has 1 fully saturated rings. The van der Waals surface area contributed by atoms with E-state index in [1.54, 1.807) is 36.3 Å². The highest BCUT2D eigenvalue weighted by atomic mass is 16.5. The molecule has 3 rings (SSSR count). The van der Waals surface area contributed by atoms with Crippen LogP contribution in [0.3, 0.4) is 0 Å². The summed E-state index contributed by atoms with van der Waals surface area (Å²) in [6.07, 6.45) is 1.50. The fourth-order valence-electron chi connectivity index (χ4n) is 4.07. The number of likely N-dealkylation sites (tertiary alicyclic amines) is 1. The first-order valence-electron chi connectivity index (χ1n) is 11.0. The highest BCUT2D eigenvalue weighted by Gasteiger charge is 2.47. The largest absolute Gasteiger partial charge is 0.507 e. The maximum Gasteiger partial charge on any atom is 0.295 e. The maximum atomic E-state index is 13.1. The van der Waals surface area contributed by atoms with Gasteiger partial charge in [-0.2, -0.15) is 0 Å². The average Bonchev–Trinajstić information content (AvgIpc) is 3.08. The number of benzene rings is 2. The monoisotopic (exact) mass is 437 g/mol. The number of hydrogen-bond donors (Lipinski definition) is 1. The molecule has 1 aliphatic heterocycles. The van der Waals surface area contributed by atoms with Gasteiger partial charge in [0.1, 0.15) is 11.5 Å². The predicted molar refractivity (Wildman–Crippen MR) is 124 cm³/mol. The van der Waals surface area contributed by atoms with Gasteiger partial charge < -0.3 is 19.5 Å². The molecule has 1 amide bonds. The molecule has 170 valence electrons. The number of ketones is 1. The van der Waals surface area contributed by atoms with Crippen molar-refractivity contribution in [2.24, 2.45) is 0 Å². The molecule has 2 aromatic carbocycles. The highest BCUT2D eigenvalue weighted by Crippen LogP contribution is 2.37. The Morgan fingerprint density at radius 2 is 1.75 bits per heavy atom. The Morgan fingerprint density at radius 3 is 2.38 bits per heavy atom. The van der Waals surface area contributed by atoms with Crippen LogP contribution in [0.2, 0.25) is 0 Å². The van der Waals surface area contributed by atoms with Crippen LogP contribution in [-0.4, -0.2) is 54.6 Å². The summed E-state index contributed by atoms with van der Waals surface area (Å²) < 4.78 is 10.7. The Labute approximate surface area is 189 Å². The fourth-order valence-corrected chi connectivity index (χ4v) is 4.07. The predicted octanol–water partition coefficient (Wildman–Crippen LogP) is 4.36. The zero-order chi connectivity index (χ0) is 23.1. The quantitative estimate of drug-likeness (QED) is 0.259. The number of nitrogens with zero attached hydrogens (tertiary/aromatic N) is 1. The van der Waals surface area contributed by atoms with Gasteiger partial charge in [-0.3, -0.25) is 9.59 Å². The van der Waals surface area contributed by atoms with Crippen molar-refractivity contribution in [2.75, 3.05) is 26.9 Å². The first kappa shape index (κ1) is 23.5. The Kier molecular flexibility index (Phi) is 8.06. The van der Waals surface area contributed by atoms with E-state index in [0.29, 0.717) is 37.5 Å². The molecule has 1 N–H and O–H groups in total. The molecule has 1 heterocycles. The normalized spacial score (nSPS) is 18.7. The lowest BCUT2D eigenvalue weighted by Crippen LogP contribution is -2.38. The van der Waals surface area contributed by atoms with E-state index < -0.39 is 17.7 Å². The number of carbonyl (C=O) groups is 2. The molecular formula is C26H31NO5. The molecule has 0 saturated carbocycles. The van der Waals surface area contributed by atoms with Crippen molar-refractivity contribution in [2.45, 2.75) is 38.6 Å². The molecule has 0 spiro atoms. The van der Waals surface area contributed by atoms with Crippen molar-refractivity contribution in [3.8, 4) is 5.75 Å². The Bertz CT molecular complexity index is 952. The molecule has 0 aliphatic carbocycles. The number of Topliss-reactive ketones (excluding diaryl/α,β-unsaturated/α-hetero) is 1. The van der Waals surface area contributed by atoms with E-state index in [-0.39, 0.29) is 17.3 Å². The Morgan fingerprint density at radius 1 is 1.06 bits per heavy atom. The number of aliphatic hydroxyl groups is 1. The fraction of sp³-hybridized carbons (Fsp3) is 0.385. The van der Waals surface area contributed by atoms with E-state index >= 15 is 0 Å². The van der Waals surface area contributed by atoms with Crippen LogP contribution in [0.1, 0.15) is 43.7 Å². The molecular weight excluding hydrogens is 406 g/mol. The lowest BCUT2D eigenvalue weighted by molar-refractivity contribution is -0.140. The summed E-state index contributed by atoms with van der Waals surface area (Å²) in [7, 11) is 1.60. The van der Waals surface area contributed by atoms with Gasteiger partial charge in [0.05, 0.1) is 18.2 Å². The topological polar surface area (TPSA) is 76.1 Å². The van der Waals surface area contributed by atoms with Gasteiger partial charge in [-0.15, -0.1) is 0 Å². The van der Waals surface area contributed by atoms with Gasteiger partial charge in [-0.05, 0) is 42.7 Å². The van der Waals surface area contributed by atoms with Crippen molar-refractivity contribution < 1.29 is 24.2 Å². The Balaban J connectivity index is 2.01. The minimum absolute atomic E-state index is 0.144. The highest BCUT2D eigenvalue weighted by molar-refractivity contribution is 6.46. The number of rotatable bonds is 10.